The Balaban J connectivity index is 2.67. The summed E-state index contributed by atoms with van der Waals surface area (Å²) in [6.07, 6.45) is 1.87. The fourth-order valence-electron chi connectivity index (χ4n) is 1.25. The van der Waals surface area contributed by atoms with E-state index in [4.69, 9.17) is 10.2 Å². The molecule has 0 fully saturated rings. The number of aliphatic carboxylic acids is 1. The van der Waals surface area contributed by atoms with E-state index in [1.54, 1.807) is 12.1 Å². The van der Waals surface area contributed by atoms with Gasteiger partial charge in [0.05, 0.1) is 12.3 Å². The Morgan fingerprint density at radius 2 is 2.06 bits per heavy atom. The quantitative estimate of drug-likeness (QED) is 0.598. The third-order valence-corrected chi connectivity index (χ3v) is 2.94. The second-order valence-corrected chi connectivity index (χ2v) is 4.22. The highest BCUT2D eigenvalue weighted by molar-refractivity contribution is 7.98. The van der Waals surface area contributed by atoms with E-state index in [2.05, 4.69) is 10.6 Å². The Hall–Kier alpha value is -1.73. The molecule has 0 spiro atoms. The van der Waals surface area contributed by atoms with Crippen molar-refractivity contribution in [3.8, 4) is 0 Å². The van der Waals surface area contributed by atoms with Crippen molar-refractivity contribution in [1.82, 2.24) is 5.32 Å². The minimum atomic E-state index is -1.31. The van der Waals surface area contributed by atoms with E-state index in [1.165, 1.54) is 11.8 Å². The maximum atomic E-state index is 11.5. The first-order valence-electron chi connectivity index (χ1n) is 5.12. The lowest BCUT2D eigenvalue weighted by Gasteiger charge is -2.14. The Morgan fingerprint density at radius 3 is 2.61 bits per heavy atom. The van der Waals surface area contributed by atoms with Crippen LogP contribution in [0.2, 0.25) is 0 Å². The van der Waals surface area contributed by atoms with Crippen LogP contribution in [0.1, 0.15) is 0 Å². The molecule has 18 heavy (non-hydrogen) atoms. The van der Waals surface area contributed by atoms with Crippen LogP contribution in [0.5, 0.6) is 0 Å². The van der Waals surface area contributed by atoms with Crippen molar-refractivity contribution in [2.45, 2.75) is 10.9 Å². The minimum Gasteiger partial charge on any atom is -0.480 e. The van der Waals surface area contributed by atoms with Crippen molar-refractivity contribution in [3.63, 3.8) is 0 Å². The summed E-state index contributed by atoms with van der Waals surface area (Å²) in [6, 6.07) is 5.16. The van der Waals surface area contributed by atoms with Crippen molar-refractivity contribution >= 4 is 29.4 Å². The Labute approximate surface area is 108 Å². The second-order valence-electron chi connectivity index (χ2n) is 3.37. The number of thioether (sulfide) groups is 1. The molecular formula is C11H14N2O4S. The van der Waals surface area contributed by atoms with Crippen molar-refractivity contribution in [2.75, 3.05) is 18.2 Å². The zero-order chi connectivity index (χ0) is 13.5. The molecule has 1 atom stereocenters. The van der Waals surface area contributed by atoms with Crippen LogP contribution in [0.3, 0.4) is 0 Å². The molecule has 7 heteroatoms. The van der Waals surface area contributed by atoms with E-state index in [9.17, 15) is 9.59 Å². The summed E-state index contributed by atoms with van der Waals surface area (Å²) in [5.74, 6) is -1.29. The third-order valence-electron chi connectivity index (χ3n) is 2.14. The number of carboxylic acids is 1. The van der Waals surface area contributed by atoms with E-state index in [1.807, 2.05) is 18.4 Å². The lowest BCUT2D eigenvalue weighted by atomic mass is 10.3. The van der Waals surface area contributed by atoms with Crippen LogP contribution in [-0.4, -0.2) is 41.1 Å². The summed E-state index contributed by atoms with van der Waals surface area (Å²) < 4.78 is 0. The van der Waals surface area contributed by atoms with Crippen LogP contribution in [-0.2, 0) is 4.79 Å². The molecule has 0 aromatic heterocycles. The van der Waals surface area contributed by atoms with E-state index in [-0.39, 0.29) is 0 Å². The van der Waals surface area contributed by atoms with Gasteiger partial charge >= 0.3 is 12.0 Å². The molecule has 1 aromatic rings. The number of para-hydroxylation sites is 1. The molecule has 6 nitrogen and oxygen atoms in total. The number of anilines is 1. The van der Waals surface area contributed by atoms with Crippen LogP contribution >= 0.6 is 11.8 Å². The molecule has 0 aliphatic heterocycles. The number of hydrogen-bond acceptors (Lipinski definition) is 4. The molecule has 0 bridgehead atoms. The van der Waals surface area contributed by atoms with Gasteiger partial charge in [-0.25, -0.2) is 9.59 Å². The number of amides is 2. The zero-order valence-corrected chi connectivity index (χ0v) is 10.5. The van der Waals surface area contributed by atoms with Gasteiger partial charge in [0.15, 0.2) is 6.04 Å². The molecule has 0 saturated carbocycles. The van der Waals surface area contributed by atoms with Crippen LogP contribution in [0.4, 0.5) is 10.5 Å². The Morgan fingerprint density at radius 1 is 1.39 bits per heavy atom. The topological polar surface area (TPSA) is 98.7 Å². The molecule has 0 saturated heterocycles. The smallest absolute Gasteiger partial charge is 0.328 e. The minimum absolute atomic E-state index is 0.588. The lowest BCUT2D eigenvalue weighted by Crippen LogP contribution is -2.45. The van der Waals surface area contributed by atoms with Gasteiger partial charge in [0.25, 0.3) is 0 Å². The maximum Gasteiger partial charge on any atom is 0.328 e. The van der Waals surface area contributed by atoms with E-state index in [0.717, 1.165) is 4.90 Å². The third kappa shape index (κ3) is 3.94. The summed E-state index contributed by atoms with van der Waals surface area (Å²) in [7, 11) is 0. The molecule has 0 heterocycles. The molecule has 0 radical (unpaired) electrons. The standard InChI is InChI=1S/C11H14N2O4S/c1-18-9-5-3-2-4-7(9)12-11(17)13-8(6-14)10(15)16/h2-5,8,14H,6H2,1H3,(H,15,16)(H2,12,13,17). The summed E-state index contributed by atoms with van der Waals surface area (Å²) >= 11 is 1.46. The van der Waals surface area contributed by atoms with Gasteiger partial charge < -0.3 is 20.8 Å². The van der Waals surface area contributed by atoms with Gasteiger partial charge in [-0.3, -0.25) is 0 Å². The number of nitrogens with one attached hydrogen (secondary N) is 2. The lowest BCUT2D eigenvalue weighted by molar-refractivity contribution is -0.140. The first-order valence-corrected chi connectivity index (χ1v) is 6.35. The van der Waals surface area contributed by atoms with Gasteiger partial charge in [0.2, 0.25) is 0 Å². The molecule has 0 aliphatic rings. The predicted molar refractivity (Wildman–Crippen MR) is 68.9 cm³/mol. The van der Waals surface area contributed by atoms with Gasteiger partial charge in [0, 0.05) is 4.90 Å². The van der Waals surface area contributed by atoms with Crippen molar-refractivity contribution in [2.24, 2.45) is 0 Å². The second kappa shape index (κ2) is 6.87. The Bertz CT molecular complexity index is 439. The number of urea groups is 1. The van der Waals surface area contributed by atoms with Crippen LogP contribution in [0.15, 0.2) is 29.2 Å². The SMILES string of the molecule is CSc1ccccc1NC(=O)NC(CO)C(=O)O. The van der Waals surface area contributed by atoms with Crippen LogP contribution in [0.25, 0.3) is 0 Å². The van der Waals surface area contributed by atoms with Gasteiger partial charge in [-0.05, 0) is 18.4 Å². The van der Waals surface area contributed by atoms with E-state index >= 15 is 0 Å². The number of aliphatic hydroxyl groups is 1. The van der Waals surface area contributed by atoms with Crippen LogP contribution in [0, 0.1) is 0 Å². The average Bonchev–Trinajstić information content (AvgIpc) is 2.36. The largest absolute Gasteiger partial charge is 0.480 e. The van der Waals surface area contributed by atoms with Crippen molar-refractivity contribution < 1.29 is 19.8 Å². The van der Waals surface area contributed by atoms with Gasteiger partial charge in [-0.2, -0.15) is 0 Å². The first-order chi connectivity index (χ1) is 8.58. The molecule has 98 valence electrons. The molecule has 1 unspecified atom stereocenters. The van der Waals surface area contributed by atoms with Gasteiger partial charge in [0.1, 0.15) is 0 Å². The molecule has 1 aromatic carbocycles. The molecule has 2 amide bonds. The number of carbonyl (C=O) groups excluding carboxylic acids is 1. The van der Waals surface area contributed by atoms with Crippen LogP contribution < -0.4 is 10.6 Å². The molecule has 1 rings (SSSR count). The van der Waals surface area contributed by atoms with E-state index in [0.29, 0.717) is 5.69 Å². The average molecular weight is 270 g/mol. The number of aliphatic hydroxyl groups excluding tert-OH is 1. The summed E-state index contributed by atoms with van der Waals surface area (Å²) in [4.78, 5) is 23.0. The molecule has 0 aliphatic carbocycles. The van der Waals surface area contributed by atoms with Gasteiger partial charge in [-0.1, -0.05) is 12.1 Å². The number of hydrogen-bond donors (Lipinski definition) is 4. The molecular weight excluding hydrogens is 256 g/mol. The summed E-state index contributed by atoms with van der Waals surface area (Å²) in [5.41, 5.74) is 0.588. The molecule has 4 N–H and O–H groups in total. The highest BCUT2D eigenvalue weighted by Crippen LogP contribution is 2.24. The van der Waals surface area contributed by atoms with E-state index < -0.39 is 24.6 Å². The van der Waals surface area contributed by atoms with Crippen molar-refractivity contribution in [3.05, 3.63) is 24.3 Å². The Kier molecular flexibility index (Phi) is 5.47. The monoisotopic (exact) mass is 270 g/mol. The zero-order valence-electron chi connectivity index (χ0n) is 9.71. The normalized spacial score (nSPS) is 11.7. The maximum absolute atomic E-state index is 11.5. The van der Waals surface area contributed by atoms with Crippen molar-refractivity contribution in [1.29, 1.82) is 0 Å². The number of rotatable bonds is 5. The van der Waals surface area contributed by atoms with Gasteiger partial charge in [-0.15, -0.1) is 11.8 Å². The fraction of sp³-hybridized carbons (Fsp3) is 0.273. The summed E-state index contributed by atoms with van der Waals surface area (Å²) in [6.45, 7) is -0.660. The number of benzene rings is 1. The number of carbonyl (C=O) groups is 2. The highest BCUT2D eigenvalue weighted by Gasteiger charge is 2.18. The highest BCUT2D eigenvalue weighted by atomic mass is 32.2. The summed E-state index contributed by atoms with van der Waals surface area (Å²) in [5, 5.41) is 22.2. The fourth-order valence-corrected chi connectivity index (χ4v) is 1.80. The predicted octanol–water partition coefficient (Wildman–Crippen LogP) is 0.976. The first kappa shape index (κ1) is 14.3. The number of carboxylic acid groups (broad SMARTS) is 1.